The first-order chi connectivity index (χ1) is 13.7. The molecular formula is C19H22FN3O5S. The van der Waals surface area contributed by atoms with Crippen LogP contribution in [-0.4, -0.2) is 51.8 Å². The number of nitrogens with one attached hydrogen (secondary N) is 1. The first-order valence-electron chi connectivity index (χ1n) is 8.68. The molecular weight excluding hydrogens is 401 g/mol. The Balaban J connectivity index is 2.30. The van der Waals surface area contributed by atoms with Crippen molar-refractivity contribution in [3.8, 4) is 0 Å². The summed E-state index contributed by atoms with van der Waals surface area (Å²) in [4.78, 5) is 24.7. The monoisotopic (exact) mass is 423 g/mol. The van der Waals surface area contributed by atoms with Gasteiger partial charge < -0.3 is 10.1 Å². The van der Waals surface area contributed by atoms with Gasteiger partial charge in [-0.25, -0.2) is 13.5 Å². The van der Waals surface area contributed by atoms with Crippen LogP contribution in [0, 0.1) is 5.82 Å². The maximum Gasteiger partial charge on any atom is 0.340 e. The highest BCUT2D eigenvalue weighted by Gasteiger charge is 2.27. The fraction of sp³-hybridized carbons (Fsp3) is 0.263. The van der Waals surface area contributed by atoms with Crippen molar-refractivity contribution in [1.82, 2.24) is 4.31 Å². The summed E-state index contributed by atoms with van der Waals surface area (Å²) in [6.45, 7) is 1.25. The number of amides is 1. The molecule has 2 aromatic carbocycles. The van der Waals surface area contributed by atoms with E-state index in [0.717, 1.165) is 20.7 Å². The van der Waals surface area contributed by atoms with E-state index < -0.39 is 34.4 Å². The zero-order valence-corrected chi connectivity index (χ0v) is 17.1. The number of benzene rings is 2. The van der Waals surface area contributed by atoms with E-state index >= 15 is 0 Å². The molecule has 2 rings (SSSR count). The van der Waals surface area contributed by atoms with Gasteiger partial charge in [0.2, 0.25) is 5.91 Å². The van der Waals surface area contributed by atoms with Crippen LogP contribution in [0.5, 0.6) is 0 Å². The Kier molecular flexibility index (Phi) is 7.29. The number of anilines is 2. The highest BCUT2D eigenvalue weighted by atomic mass is 32.2. The topological polar surface area (TPSA) is 96.0 Å². The van der Waals surface area contributed by atoms with Crippen LogP contribution in [0.25, 0.3) is 0 Å². The lowest BCUT2D eigenvalue weighted by Crippen LogP contribution is -2.44. The second-order valence-corrected chi connectivity index (χ2v) is 8.15. The van der Waals surface area contributed by atoms with E-state index in [1.54, 1.807) is 19.1 Å². The number of ether oxygens (including phenoxy) is 1. The van der Waals surface area contributed by atoms with Crippen molar-refractivity contribution < 1.29 is 27.1 Å². The highest BCUT2D eigenvalue weighted by molar-refractivity contribution is 7.90. The number of hydrogen-bond acceptors (Lipinski definition) is 5. The Bertz CT molecular complexity index is 978. The molecule has 1 amide bonds. The van der Waals surface area contributed by atoms with E-state index in [-0.39, 0.29) is 23.5 Å². The number of halogens is 1. The predicted octanol–water partition coefficient (Wildman–Crippen LogP) is 2.25. The molecule has 8 nitrogen and oxygen atoms in total. The maximum atomic E-state index is 13.2. The van der Waals surface area contributed by atoms with Crippen molar-refractivity contribution in [1.29, 1.82) is 0 Å². The summed E-state index contributed by atoms with van der Waals surface area (Å²) < 4.78 is 45.3. The first kappa shape index (κ1) is 22.3. The van der Waals surface area contributed by atoms with Crippen LogP contribution < -0.4 is 9.62 Å². The molecule has 0 bridgehead atoms. The van der Waals surface area contributed by atoms with Crippen molar-refractivity contribution in [2.45, 2.75) is 6.92 Å². The fourth-order valence-electron chi connectivity index (χ4n) is 2.41. The standard InChI is InChI=1S/C19H22FN3O5S/c1-4-28-19(25)16-7-5-6-8-17(16)21-18(24)13-23(29(26,27)22(2)3)15-11-9-14(20)10-12-15/h5-12H,4,13H2,1-3H3,(H,21,24). The van der Waals surface area contributed by atoms with Gasteiger partial charge in [-0.1, -0.05) is 12.1 Å². The molecule has 0 saturated carbocycles. The summed E-state index contributed by atoms with van der Waals surface area (Å²) >= 11 is 0. The molecule has 0 unspecified atom stereocenters. The van der Waals surface area contributed by atoms with Crippen LogP contribution in [0.2, 0.25) is 0 Å². The van der Waals surface area contributed by atoms with E-state index in [4.69, 9.17) is 4.74 Å². The lowest BCUT2D eigenvalue weighted by atomic mass is 10.2. The van der Waals surface area contributed by atoms with Crippen LogP contribution in [-0.2, 0) is 19.7 Å². The van der Waals surface area contributed by atoms with Crippen LogP contribution in [0.4, 0.5) is 15.8 Å². The third-order valence-corrected chi connectivity index (χ3v) is 5.66. The highest BCUT2D eigenvalue weighted by Crippen LogP contribution is 2.21. The molecule has 156 valence electrons. The molecule has 0 aliphatic carbocycles. The zero-order valence-electron chi connectivity index (χ0n) is 16.3. The normalized spacial score (nSPS) is 11.2. The third kappa shape index (κ3) is 5.52. The predicted molar refractivity (Wildman–Crippen MR) is 107 cm³/mol. The van der Waals surface area contributed by atoms with Crippen LogP contribution in [0.15, 0.2) is 48.5 Å². The average Bonchev–Trinajstić information content (AvgIpc) is 2.67. The Morgan fingerprint density at radius 1 is 1.07 bits per heavy atom. The first-order valence-corrected chi connectivity index (χ1v) is 10.1. The minimum Gasteiger partial charge on any atom is -0.462 e. The van der Waals surface area contributed by atoms with Gasteiger partial charge >= 0.3 is 16.2 Å². The Hall–Kier alpha value is -2.98. The van der Waals surface area contributed by atoms with Crippen LogP contribution >= 0.6 is 0 Å². The molecule has 0 radical (unpaired) electrons. The fourth-order valence-corrected chi connectivity index (χ4v) is 3.47. The zero-order chi connectivity index (χ0) is 21.6. The van der Waals surface area contributed by atoms with Crippen molar-refractivity contribution in [3.63, 3.8) is 0 Å². The van der Waals surface area contributed by atoms with E-state index in [2.05, 4.69) is 5.32 Å². The van der Waals surface area contributed by atoms with Gasteiger partial charge in [-0.2, -0.15) is 12.7 Å². The van der Waals surface area contributed by atoms with Crippen LogP contribution in [0.3, 0.4) is 0 Å². The van der Waals surface area contributed by atoms with Gasteiger partial charge in [-0.15, -0.1) is 0 Å². The number of carbonyl (C=O) groups is 2. The molecule has 0 spiro atoms. The molecule has 0 aromatic heterocycles. The van der Waals surface area contributed by atoms with Gasteiger partial charge in [0.25, 0.3) is 0 Å². The number of para-hydroxylation sites is 1. The quantitative estimate of drug-likeness (QED) is 0.657. The third-order valence-electron chi connectivity index (χ3n) is 3.84. The second kappa shape index (κ2) is 9.48. The summed E-state index contributed by atoms with van der Waals surface area (Å²) in [5.74, 6) is -1.83. The summed E-state index contributed by atoms with van der Waals surface area (Å²) in [6.07, 6.45) is 0. The Labute approximate surface area is 169 Å². The number of esters is 1. The van der Waals surface area contributed by atoms with Crippen molar-refractivity contribution >= 4 is 33.5 Å². The second-order valence-electron chi connectivity index (χ2n) is 6.09. The van der Waals surface area contributed by atoms with Gasteiger partial charge in [-0.3, -0.25) is 4.79 Å². The minimum atomic E-state index is -4.04. The smallest absolute Gasteiger partial charge is 0.340 e. The van der Waals surface area contributed by atoms with Gasteiger partial charge in [0.05, 0.1) is 23.5 Å². The van der Waals surface area contributed by atoms with Crippen LogP contribution in [0.1, 0.15) is 17.3 Å². The summed E-state index contributed by atoms with van der Waals surface area (Å²) in [7, 11) is -1.40. The van der Waals surface area contributed by atoms with E-state index in [0.29, 0.717) is 0 Å². The summed E-state index contributed by atoms with van der Waals surface area (Å²) in [5.41, 5.74) is 0.456. The number of hydrogen-bond donors (Lipinski definition) is 1. The van der Waals surface area contributed by atoms with Crippen molar-refractivity contribution in [2.75, 3.05) is 36.9 Å². The SMILES string of the molecule is CCOC(=O)c1ccccc1NC(=O)CN(c1ccc(F)cc1)S(=O)(=O)N(C)C. The molecule has 0 aliphatic heterocycles. The summed E-state index contributed by atoms with van der Waals surface area (Å²) in [6, 6.07) is 10.9. The lowest BCUT2D eigenvalue weighted by Gasteiger charge is -2.27. The summed E-state index contributed by atoms with van der Waals surface area (Å²) in [5, 5.41) is 2.53. The van der Waals surface area contributed by atoms with Gasteiger partial charge in [0.1, 0.15) is 12.4 Å². The average molecular weight is 423 g/mol. The largest absolute Gasteiger partial charge is 0.462 e. The van der Waals surface area contributed by atoms with Crippen molar-refractivity contribution in [3.05, 3.63) is 59.9 Å². The molecule has 0 saturated heterocycles. The lowest BCUT2D eigenvalue weighted by molar-refractivity contribution is -0.114. The molecule has 0 heterocycles. The minimum absolute atomic E-state index is 0.119. The van der Waals surface area contributed by atoms with E-state index in [9.17, 15) is 22.4 Å². The van der Waals surface area contributed by atoms with E-state index in [1.165, 1.54) is 38.4 Å². The molecule has 0 atom stereocenters. The molecule has 29 heavy (non-hydrogen) atoms. The van der Waals surface area contributed by atoms with Crippen molar-refractivity contribution in [2.24, 2.45) is 0 Å². The number of rotatable bonds is 8. The molecule has 0 aliphatic rings. The van der Waals surface area contributed by atoms with Gasteiger partial charge in [-0.05, 0) is 43.3 Å². The molecule has 10 heteroatoms. The number of carbonyl (C=O) groups excluding carboxylic acids is 2. The number of nitrogens with zero attached hydrogens (tertiary/aromatic N) is 2. The maximum absolute atomic E-state index is 13.2. The van der Waals surface area contributed by atoms with Gasteiger partial charge in [0.15, 0.2) is 0 Å². The van der Waals surface area contributed by atoms with E-state index in [1.807, 2.05) is 0 Å². The molecule has 0 fully saturated rings. The molecule has 1 N–H and O–H groups in total. The Morgan fingerprint density at radius 3 is 2.28 bits per heavy atom. The molecule has 2 aromatic rings. The Morgan fingerprint density at radius 2 is 1.69 bits per heavy atom. The van der Waals surface area contributed by atoms with Gasteiger partial charge in [0, 0.05) is 14.1 Å².